The van der Waals surface area contributed by atoms with Crippen LogP contribution in [-0.4, -0.2) is 35.2 Å². The lowest BCUT2D eigenvalue weighted by Gasteiger charge is -2.16. The van der Waals surface area contributed by atoms with E-state index >= 15 is 0 Å². The molecule has 1 aliphatic heterocycles. The van der Waals surface area contributed by atoms with Crippen molar-refractivity contribution in [1.82, 2.24) is 5.32 Å². The summed E-state index contributed by atoms with van der Waals surface area (Å²) >= 11 is 6.50. The number of carboxylic acids is 2. The van der Waals surface area contributed by atoms with Gasteiger partial charge in [-0.1, -0.05) is 72.3 Å². The van der Waals surface area contributed by atoms with Crippen LogP contribution in [-0.2, 0) is 29.0 Å². The van der Waals surface area contributed by atoms with Crippen LogP contribution in [0.2, 0.25) is 5.02 Å². The molecule has 7 heteroatoms. The van der Waals surface area contributed by atoms with Crippen molar-refractivity contribution in [1.29, 1.82) is 0 Å². The lowest BCUT2D eigenvalue weighted by atomic mass is 10.0. The zero-order chi connectivity index (χ0) is 24.3. The van der Waals surface area contributed by atoms with Crippen molar-refractivity contribution in [3.63, 3.8) is 0 Å². The predicted octanol–water partition coefficient (Wildman–Crippen LogP) is 5.24. The second-order valence-electron chi connectivity index (χ2n) is 8.01. The number of nitrogens with one attached hydrogen (secondary N) is 2. The van der Waals surface area contributed by atoms with Gasteiger partial charge in [-0.25, -0.2) is 0 Å². The first kappa shape index (κ1) is 25.3. The standard InChI is InChI=1S/C23H23ClN2.C4H6O4/c24-22-11-10-20-12-14-25-15-13-21(20)23(22)26-16-17-6-8-19(9-7-17)18-4-2-1-3-5-18;5-3(6)1-2-4(7)8/h1-11,25-26H,12-16H2;1-2H2,(H,5,6)(H,7,8). The number of rotatable bonds is 7. The highest BCUT2D eigenvalue weighted by atomic mass is 35.5. The number of aliphatic carboxylic acids is 2. The zero-order valence-corrected chi connectivity index (χ0v) is 19.6. The van der Waals surface area contributed by atoms with Crippen molar-refractivity contribution in [2.45, 2.75) is 32.2 Å². The minimum Gasteiger partial charge on any atom is -0.481 e. The Morgan fingerprint density at radius 2 is 1.44 bits per heavy atom. The molecular formula is C27H29ClN2O4. The third kappa shape index (κ3) is 7.61. The summed E-state index contributed by atoms with van der Waals surface area (Å²) in [5.74, 6) is -2.15. The van der Waals surface area contributed by atoms with Crippen LogP contribution in [0, 0.1) is 0 Å². The van der Waals surface area contributed by atoms with E-state index in [0.29, 0.717) is 0 Å². The summed E-state index contributed by atoms with van der Waals surface area (Å²) in [5, 5.41) is 23.7. The molecule has 0 amide bonds. The van der Waals surface area contributed by atoms with Crippen LogP contribution in [0.1, 0.15) is 29.5 Å². The molecule has 4 rings (SSSR count). The fraction of sp³-hybridized carbons (Fsp3) is 0.259. The molecule has 0 radical (unpaired) electrons. The van der Waals surface area contributed by atoms with Crippen LogP contribution in [0.4, 0.5) is 5.69 Å². The molecule has 0 saturated carbocycles. The van der Waals surface area contributed by atoms with Crippen molar-refractivity contribution in [2.75, 3.05) is 18.4 Å². The molecule has 0 aliphatic carbocycles. The Bertz CT molecular complexity index is 1090. The summed E-state index contributed by atoms with van der Waals surface area (Å²) in [4.78, 5) is 19.3. The van der Waals surface area contributed by atoms with Crippen LogP contribution >= 0.6 is 11.6 Å². The van der Waals surface area contributed by atoms with E-state index in [1.54, 1.807) is 0 Å². The molecule has 0 aromatic heterocycles. The van der Waals surface area contributed by atoms with Gasteiger partial charge in [-0.15, -0.1) is 0 Å². The molecule has 6 nitrogen and oxygen atoms in total. The van der Waals surface area contributed by atoms with Crippen molar-refractivity contribution in [3.8, 4) is 11.1 Å². The topological polar surface area (TPSA) is 98.7 Å². The van der Waals surface area contributed by atoms with E-state index in [-0.39, 0.29) is 12.8 Å². The molecule has 3 aromatic rings. The minimum atomic E-state index is -1.08. The van der Waals surface area contributed by atoms with E-state index < -0.39 is 11.9 Å². The van der Waals surface area contributed by atoms with Crippen molar-refractivity contribution in [2.24, 2.45) is 0 Å². The van der Waals surface area contributed by atoms with Crippen LogP contribution < -0.4 is 10.6 Å². The van der Waals surface area contributed by atoms with Crippen LogP contribution in [0.25, 0.3) is 11.1 Å². The molecular weight excluding hydrogens is 452 g/mol. The van der Waals surface area contributed by atoms with Crippen LogP contribution in [0.15, 0.2) is 66.7 Å². The SMILES string of the molecule is Clc1ccc2c(c1NCc1ccc(-c3ccccc3)cc1)CCNCC2.O=C(O)CCC(=O)O. The first-order valence-electron chi connectivity index (χ1n) is 11.3. The first-order chi connectivity index (χ1) is 16.4. The Hall–Kier alpha value is -3.35. The van der Waals surface area contributed by atoms with Gasteiger partial charge in [0.2, 0.25) is 0 Å². The lowest BCUT2D eigenvalue weighted by molar-refractivity contribution is -0.143. The van der Waals surface area contributed by atoms with Crippen molar-refractivity contribution >= 4 is 29.2 Å². The molecule has 1 aliphatic rings. The number of hydrogen-bond donors (Lipinski definition) is 4. The molecule has 1 heterocycles. The molecule has 0 bridgehead atoms. The zero-order valence-electron chi connectivity index (χ0n) is 18.9. The van der Waals surface area contributed by atoms with Gasteiger partial charge in [0.15, 0.2) is 0 Å². The van der Waals surface area contributed by atoms with Crippen LogP contribution in [0.3, 0.4) is 0 Å². The Morgan fingerprint density at radius 1 is 0.824 bits per heavy atom. The van der Waals surface area contributed by atoms with Gasteiger partial charge < -0.3 is 20.8 Å². The molecule has 0 unspecified atom stereocenters. The summed E-state index contributed by atoms with van der Waals surface area (Å²) in [5.41, 5.74) is 7.61. The third-order valence-corrected chi connectivity index (χ3v) is 5.88. The number of halogens is 1. The normalized spacial score (nSPS) is 12.5. The maximum absolute atomic E-state index is 9.64. The monoisotopic (exact) mass is 480 g/mol. The van der Waals surface area contributed by atoms with Gasteiger partial charge in [0.1, 0.15) is 0 Å². The summed E-state index contributed by atoms with van der Waals surface area (Å²) in [7, 11) is 0. The smallest absolute Gasteiger partial charge is 0.303 e. The number of carboxylic acid groups (broad SMARTS) is 2. The van der Waals surface area contributed by atoms with E-state index in [9.17, 15) is 9.59 Å². The second kappa shape index (κ2) is 12.8. The van der Waals surface area contributed by atoms with Gasteiger partial charge in [0.25, 0.3) is 0 Å². The number of carbonyl (C=O) groups is 2. The Kier molecular flexibility index (Phi) is 9.50. The number of anilines is 1. The van der Waals surface area contributed by atoms with E-state index in [0.717, 1.165) is 43.2 Å². The molecule has 0 saturated heterocycles. The van der Waals surface area contributed by atoms with Gasteiger partial charge in [-0.05, 0) is 59.8 Å². The Morgan fingerprint density at radius 3 is 2.09 bits per heavy atom. The van der Waals surface area contributed by atoms with E-state index in [1.807, 2.05) is 12.1 Å². The quantitative estimate of drug-likeness (QED) is 0.369. The van der Waals surface area contributed by atoms with E-state index in [4.69, 9.17) is 21.8 Å². The van der Waals surface area contributed by atoms with E-state index in [2.05, 4.69) is 65.2 Å². The molecule has 0 fully saturated rings. The van der Waals surface area contributed by atoms with Gasteiger partial charge >= 0.3 is 11.9 Å². The maximum atomic E-state index is 9.64. The van der Waals surface area contributed by atoms with Crippen molar-refractivity contribution in [3.05, 3.63) is 88.4 Å². The summed E-state index contributed by atoms with van der Waals surface area (Å²) < 4.78 is 0. The van der Waals surface area contributed by atoms with Crippen LogP contribution in [0.5, 0.6) is 0 Å². The van der Waals surface area contributed by atoms with Gasteiger partial charge in [0, 0.05) is 6.54 Å². The highest BCUT2D eigenvalue weighted by Gasteiger charge is 2.14. The summed E-state index contributed by atoms with van der Waals surface area (Å²) in [6.07, 6.45) is 1.49. The number of fused-ring (bicyclic) bond motifs is 1. The lowest BCUT2D eigenvalue weighted by Crippen LogP contribution is -2.16. The molecule has 0 atom stereocenters. The first-order valence-corrected chi connectivity index (χ1v) is 11.6. The number of benzene rings is 3. The second-order valence-corrected chi connectivity index (χ2v) is 8.42. The van der Waals surface area contributed by atoms with Gasteiger partial charge in [-0.2, -0.15) is 0 Å². The molecule has 178 valence electrons. The fourth-order valence-electron chi connectivity index (χ4n) is 3.78. The number of hydrogen-bond acceptors (Lipinski definition) is 4. The average Bonchev–Trinajstić information content (AvgIpc) is 3.09. The third-order valence-electron chi connectivity index (χ3n) is 5.57. The van der Waals surface area contributed by atoms with Gasteiger partial charge in [-0.3, -0.25) is 9.59 Å². The largest absolute Gasteiger partial charge is 0.481 e. The van der Waals surface area contributed by atoms with Gasteiger partial charge in [0.05, 0.1) is 23.6 Å². The maximum Gasteiger partial charge on any atom is 0.303 e. The Balaban J connectivity index is 0.000000350. The van der Waals surface area contributed by atoms with E-state index in [1.165, 1.54) is 27.8 Å². The average molecular weight is 481 g/mol. The summed E-state index contributed by atoms with van der Waals surface area (Å²) in [6.45, 7) is 2.82. The predicted molar refractivity (Wildman–Crippen MR) is 135 cm³/mol. The molecule has 4 N–H and O–H groups in total. The minimum absolute atomic E-state index is 0.296. The van der Waals surface area contributed by atoms with Crippen molar-refractivity contribution < 1.29 is 19.8 Å². The Labute approximate surface area is 204 Å². The summed E-state index contributed by atoms with van der Waals surface area (Å²) in [6, 6.07) is 23.4. The molecule has 34 heavy (non-hydrogen) atoms. The highest BCUT2D eigenvalue weighted by Crippen LogP contribution is 2.31. The molecule has 0 spiro atoms. The molecule has 3 aromatic carbocycles. The highest BCUT2D eigenvalue weighted by molar-refractivity contribution is 6.33. The fourth-order valence-corrected chi connectivity index (χ4v) is 4.03.